The van der Waals surface area contributed by atoms with Crippen molar-refractivity contribution in [1.82, 2.24) is 5.43 Å². The van der Waals surface area contributed by atoms with Crippen molar-refractivity contribution in [3.05, 3.63) is 29.8 Å². The molecule has 2 rings (SSSR count). The average molecular weight is 313 g/mol. The number of aliphatic imine (C=N–C) groups is 1. The van der Waals surface area contributed by atoms with E-state index < -0.39 is 6.61 Å². The van der Waals surface area contributed by atoms with Crippen LogP contribution in [0.25, 0.3) is 0 Å². The van der Waals surface area contributed by atoms with Crippen LogP contribution < -0.4 is 10.2 Å². The van der Waals surface area contributed by atoms with Crippen molar-refractivity contribution in [2.75, 3.05) is 5.75 Å². The number of benzene rings is 1. The summed E-state index contributed by atoms with van der Waals surface area (Å²) in [5, 5.41) is 5.06. The van der Waals surface area contributed by atoms with Gasteiger partial charge in [0.25, 0.3) is 0 Å². The first-order valence-electron chi connectivity index (χ1n) is 6.44. The Hall–Kier alpha value is -1.63. The maximum absolute atomic E-state index is 12.1. The average Bonchev–Trinajstić information content (AvgIpc) is 2.38. The summed E-state index contributed by atoms with van der Waals surface area (Å²) in [6, 6.07) is 6.44. The van der Waals surface area contributed by atoms with Gasteiger partial charge >= 0.3 is 6.61 Å². The molecule has 0 aromatic heterocycles. The molecule has 21 heavy (non-hydrogen) atoms. The highest BCUT2D eigenvalue weighted by molar-refractivity contribution is 8.14. The van der Waals surface area contributed by atoms with Gasteiger partial charge in [-0.25, -0.2) is 0 Å². The third kappa shape index (κ3) is 5.00. The molecule has 1 aromatic carbocycles. The summed E-state index contributed by atoms with van der Waals surface area (Å²) in [5.41, 5.74) is 4.48. The van der Waals surface area contributed by atoms with Gasteiger partial charge in [-0.3, -0.25) is 10.4 Å². The van der Waals surface area contributed by atoms with Crippen LogP contribution >= 0.6 is 11.8 Å². The van der Waals surface area contributed by atoms with Gasteiger partial charge < -0.3 is 4.74 Å². The first kappa shape index (κ1) is 15.8. The van der Waals surface area contributed by atoms with Gasteiger partial charge in [0.15, 0.2) is 5.17 Å². The second kappa shape index (κ2) is 6.43. The van der Waals surface area contributed by atoms with Gasteiger partial charge in [0, 0.05) is 5.75 Å². The standard InChI is InChI=1S/C14H17F2N3OS/c1-14(2,3)17-13-19-18-11(8-21-13)9-4-6-10(7-5-9)20-12(15)16/h4-7,12H,8H2,1-3H3,(H,17,19). The zero-order valence-electron chi connectivity index (χ0n) is 12.1. The number of thioether (sulfide) groups is 1. The molecule has 0 bridgehead atoms. The Labute approximate surface area is 126 Å². The number of nitrogens with one attached hydrogen (secondary N) is 1. The summed E-state index contributed by atoms with van der Waals surface area (Å²) >= 11 is 1.56. The fraction of sp³-hybridized carbons (Fsp3) is 0.429. The minimum Gasteiger partial charge on any atom is -0.435 e. The molecular weight excluding hydrogens is 296 g/mol. The highest BCUT2D eigenvalue weighted by atomic mass is 32.2. The molecule has 0 atom stereocenters. The normalized spacial score (nSPS) is 17.6. The Morgan fingerprint density at radius 1 is 1.29 bits per heavy atom. The molecule has 0 saturated carbocycles. The lowest BCUT2D eigenvalue weighted by molar-refractivity contribution is -0.0498. The van der Waals surface area contributed by atoms with Crippen LogP contribution in [0, 0.1) is 0 Å². The number of hydrogen-bond donors (Lipinski definition) is 1. The van der Waals surface area contributed by atoms with Crippen LogP contribution in [0.4, 0.5) is 8.78 Å². The zero-order valence-corrected chi connectivity index (χ0v) is 12.9. The molecule has 1 aliphatic heterocycles. The van der Waals surface area contributed by atoms with Gasteiger partial charge in [-0.2, -0.15) is 13.9 Å². The highest BCUT2D eigenvalue weighted by Crippen LogP contribution is 2.19. The van der Waals surface area contributed by atoms with E-state index in [1.807, 2.05) is 20.8 Å². The molecule has 4 nitrogen and oxygen atoms in total. The second-order valence-electron chi connectivity index (χ2n) is 5.45. The van der Waals surface area contributed by atoms with Crippen molar-refractivity contribution in [3.8, 4) is 5.75 Å². The number of ether oxygens (including phenoxy) is 1. The summed E-state index contributed by atoms with van der Waals surface area (Å²) in [6.45, 7) is 3.24. The van der Waals surface area contributed by atoms with Gasteiger partial charge in [-0.1, -0.05) is 11.8 Å². The Bertz CT molecular complexity index is 550. The predicted molar refractivity (Wildman–Crippen MR) is 82.4 cm³/mol. The second-order valence-corrected chi connectivity index (χ2v) is 6.41. The zero-order chi connectivity index (χ0) is 15.5. The van der Waals surface area contributed by atoms with Crippen LogP contribution in [0.15, 0.2) is 34.4 Å². The third-order valence-electron chi connectivity index (χ3n) is 2.48. The Balaban J connectivity index is 2.05. The smallest absolute Gasteiger partial charge is 0.387 e. The van der Waals surface area contributed by atoms with Crippen molar-refractivity contribution in [3.63, 3.8) is 0 Å². The van der Waals surface area contributed by atoms with Crippen molar-refractivity contribution in [2.24, 2.45) is 10.1 Å². The number of hydrogen-bond acceptors (Lipinski definition) is 4. The SMILES string of the molecule is CC(C)(C)N=C1NN=C(c2ccc(OC(F)F)cc2)CS1. The van der Waals surface area contributed by atoms with E-state index in [4.69, 9.17) is 0 Å². The lowest BCUT2D eigenvalue weighted by Gasteiger charge is -2.19. The quantitative estimate of drug-likeness (QED) is 0.929. The van der Waals surface area contributed by atoms with Crippen molar-refractivity contribution in [2.45, 2.75) is 32.9 Å². The molecular formula is C14H17F2N3OS. The van der Waals surface area contributed by atoms with Gasteiger partial charge in [0.1, 0.15) is 5.75 Å². The summed E-state index contributed by atoms with van der Waals surface area (Å²) < 4.78 is 28.5. The molecule has 0 fully saturated rings. The number of rotatable bonds is 3. The lowest BCUT2D eigenvalue weighted by atomic mass is 10.1. The van der Waals surface area contributed by atoms with E-state index in [1.54, 1.807) is 23.9 Å². The topological polar surface area (TPSA) is 46.0 Å². The van der Waals surface area contributed by atoms with Crippen LogP contribution in [0.2, 0.25) is 0 Å². The molecule has 1 N–H and O–H groups in total. The first-order valence-corrected chi connectivity index (χ1v) is 7.42. The molecule has 7 heteroatoms. The highest BCUT2D eigenvalue weighted by Gasteiger charge is 2.16. The maximum Gasteiger partial charge on any atom is 0.387 e. The fourth-order valence-electron chi connectivity index (χ4n) is 1.66. The number of hydrazone groups is 1. The summed E-state index contributed by atoms with van der Waals surface area (Å²) in [4.78, 5) is 4.50. The molecule has 0 spiro atoms. The van der Waals surface area contributed by atoms with Crippen molar-refractivity contribution >= 4 is 22.6 Å². The largest absolute Gasteiger partial charge is 0.435 e. The summed E-state index contributed by atoms with van der Waals surface area (Å²) in [5.74, 6) is 0.817. The van der Waals surface area contributed by atoms with E-state index in [2.05, 4.69) is 20.3 Å². The van der Waals surface area contributed by atoms with Crippen molar-refractivity contribution < 1.29 is 13.5 Å². The van der Waals surface area contributed by atoms with Gasteiger partial charge in [0.2, 0.25) is 0 Å². The lowest BCUT2D eigenvalue weighted by Crippen LogP contribution is -2.28. The van der Waals surface area contributed by atoms with E-state index in [-0.39, 0.29) is 11.3 Å². The Morgan fingerprint density at radius 3 is 2.43 bits per heavy atom. The number of alkyl halides is 2. The number of amidine groups is 1. The molecule has 0 unspecified atom stereocenters. The predicted octanol–water partition coefficient (Wildman–Crippen LogP) is 3.48. The maximum atomic E-state index is 12.1. The van der Waals surface area contributed by atoms with Crippen LogP contribution in [-0.2, 0) is 0 Å². The molecule has 1 aliphatic rings. The van der Waals surface area contributed by atoms with Crippen LogP contribution in [0.1, 0.15) is 26.3 Å². The van der Waals surface area contributed by atoms with E-state index in [9.17, 15) is 8.78 Å². The van der Waals surface area contributed by atoms with E-state index in [0.29, 0.717) is 5.75 Å². The minimum atomic E-state index is -2.81. The van der Waals surface area contributed by atoms with Crippen molar-refractivity contribution in [1.29, 1.82) is 0 Å². The minimum absolute atomic E-state index is 0.140. The molecule has 0 aliphatic carbocycles. The molecule has 114 valence electrons. The number of nitrogens with zero attached hydrogens (tertiary/aromatic N) is 2. The fourth-order valence-corrected chi connectivity index (χ4v) is 2.61. The van der Waals surface area contributed by atoms with Crippen LogP contribution in [0.3, 0.4) is 0 Å². The molecule has 1 aromatic rings. The third-order valence-corrected chi connectivity index (χ3v) is 3.36. The molecule has 1 heterocycles. The van der Waals surface area contributed by atoms with E-state index in [0.717, 1.165) is 16.4 Å². The Morgan fingerprint density at radius 2 is 1.95 bits per heavy atom. The molecule has 0 radical (unpaired) electrons. The van der Waals surface area contributed by atoms with Crippen LogP contribution in [-0.4, -0.2) is 28.8 Å². The van der Waals surface area contributed by atoms with Gasteiger partial charge in [0.05, 0.1) is 11.3 Å². The van der Waals surface area contributed by atoms with Gasteiger partial charge in [-0.05, 0) is 50.6 Å². The summed E-state index contributed by atoms with van der Waals surface area (Å²) in [7, 11) is 0. The van der Waals surface area contributed by atoms with E-state index in [1.165, 1.54) is 12.1 Å². The van der Waals surface area contributed by atoms with Crippen LogP contribution in [0.5, 0.6) is 5.75 Å². The molecule has 0 saturated heterocycles. The van der Waals surface area contributed by atoms with E-state index >= 15 is 0 Å². The Kier molecular flexibility index (Phi) is 4.82. The molecule has 0 amide bonds. The van der Waals surface area contributed by atoms with Gasteiger partial charge in [-0.15, -0.1) is 0 Å². The monoisotopic (exact) mass is 313 g/mol. The summed E-state index contributed by atoms with van der Waals surface area (Å²) in [6.07, 6.45) is 0. The first-order chi connectivity index (χ1) is 9.83. The number of halogens is 2.